The normalized spacial score (nSPS) is 9.73. The van der Waals surface area contributed by atoms with Gasteiger partial charge in [-0.25, -0.2) is 0 Å². The van der Waals surface area contributed by atoms with Crippen molar-refractivity contribution in [3.8, 4) is 0 Å². The summed E-state index contributed by atoms with van der Waals surface area (Å²) in [5.41, 5.74) is 0. The second kappa shape index (κ2) is 12.6. The molecule has 0 saturated carbocycles. The third-order valence-electron chi connectivity index (χ3n) is 2.47. The SMILES string of the molecule is CCC(=O)OCOC(=O)CCCCC(=O)OCOC(=O)CC. The predicted octanol–water partition coefficient (Wildman–Crippen LogP) is 1.45. The van der Waals surface area contributed by atoms with E-state index in [-0.39, 0.29) is 25.7 Å². The Kier molecular flexibility index (Phi) is 11.4. The van der Waals surface area contributed by atoms with Crippen molar-refractivity contribution < 1.29 is 38.1 Å². The predicted molar refractivity (Wildman–Crippen MR) is 73.2 cm³/mol. The van der Waals surface area contributed by atoms with Crippen molar-refractivity contribution in [1.82, 2.24) is 0 Å². The van der Waals surface area contributed by atoms with Gasteiger partial charge in [-0.3, -0.25) is 19.2 Å². The molecule has 0 atom stereocenters. The number of carbonyl (C=O) groups is 4. The largest absolute Gasteiger partial charge is 0.428 e. The van der Waals surface area contributed by atoms with Gasteiger partial charge in [-0.15, -0.1) is 0 Å². The van der Waals surface area contributed by atoms with Gasteiger partial charge in [0, 0.05) is 25.7 Å². The maximum Gasteiger partial charge on any atom is 0.308 e. The van der Waals surface area contributed by atoms with Gasteiger partial charge >= 0.3 is 23.9 Å². The Bertz CT molecular complexity index is 341. The molecule has 0 N–H and O–H groups in total. The lowest BCUT2D eigenvalue weighted by Crippen LogP contribution is -2.13. The van der Waals surface area contributed by atoms with Crippen LogP contribution in [-0.2, 0) is 38.1 Å². The van der Waals surface area contributed by atoms with E-state index in [9.17, 15) is 19.2 Å². The Balaban J connectivity index is 3.50. The van der Waals surface area contributed by atoms with E-state index >= 15 is 0 Å². The van der Waals surface area contributed by atoms with Crippen molar-refractivity contribution in [2.75, 3.05) is 13.6 Å². The fourth-order valence-corrected chi connectivity index (χ4v) is 1.21. The van der Waals surface area contributed by atoms with Gasteiger partial charge in [0.15, 0.2) is 0 Å². The maximum atomic E-state index is 11.3. The molecule has 0 rings (SSSR count). The first kappa shape index (κ1) is 19.9. The fraction of sp³-hybridized carbons (Fsp3) is 0.714. The van der Waals surface area contributed by atoms with Crippen molar-refractivity contribution >= 4 is 23.9 Å². The first-order valence-corrected chi connectivity index (χ1v) is 7.12. The van der Waals surface area contributed by atoms with E-state index in [0.717, 1.165) is 0 Å². The minimum absolute atomic E-state index is 0.113. The fourth-order valence-electron chi connectivity index (χ4n) is 1.21. The summed E-state index contributed by atoms with van der Waals surface area (Å²) in [6, 6.07) is 0. The number of esters is 4. The van der Waals surface area contributed by atoms with Gasteiger partial charge in [-0.2, -0.15) is 0 Å². The molecule has 0 fully saturated rings. The van der Waals surface area contributed by atoms with Gasteiger partial charge in [-0.1, -0.05) is 13.8 Å². The highest BCUT2D eigenvalue weighted by molar-refractivity contribution is 5.71. The van der Waals surface area contributed by atoms with Crippen molar-refractivity contribution in [3.63, 3.8) is 0 Å². The Morgan fingerprint density at radius 1 is 0.591 bits per heavy atom. The number of rotatable bonds is 11. The van der Waals surface area contributed by atoms with Gasteiger partial charge in [0.25, 0.3) is 0 Å². The van der Waals surface area contributed by atoms with Crippen LogP contribution in [0.25, 0.3) is 0 Å². The van der Waals surface area contributed by atoms with Gasteiger partial charge in [0.05, 0.1) is 0 Å². The zero-order valence-corrected chi connectivity index (χ0v) is 12.9. The van der Waals surface area contributed by atoms with E-state index in [4.69, 9.17) is 0 Å². The first-order chi connectivity index (χ1) is 10.5. The number of hydrogen-bond donors (Lipinski definition) is 0. The van der Waals surface area contributed by atoms with Crippen molar-refractivity contribution in [3.05, 3.63) is 0 Å². The molecule has 0 aromatic rings. The molecular formula is C14H22O8. The highest BCUT2D eigenvalue weighted by Crippen LogP contribution is 2.03. The molecule has 0 bridgehead atoms. The van der Waals surface area contributed by atoms with Crippen LogP contribution in [0.5, 0.6) is 0 Å². The average Bonchev–Trinajstić information content (AvgIpc) is 2.51. The van der Waals surface area contributed by atoms with Crippen LogP contribution in [0.3, 0.4) is 0 Å². The quantitative estimate of drug-likeness (QED) is 0.320. The summed E-state index contributed by atoms with van der Waals surface area (Å²) in [6.45, 7) is 2.48. The highest BCUT2D eigenvalue weighted by atomic mass is 16.7. The topological polar surface area (TPSA) is 105 Å². The molecule has 8 heteroatoms. The molecule has 0 aliphatic heterocycles. The minimum atomic E-state index is -0.505. The number of carbonyl (C=O) groups excluding carboxylic acids is 4. The Morgan fingerprint density at radius 3 is 1.23 bits per heavy atom. The first-order valence-electron chi connectivity index (χ1n) is 7.12. The molecule has 0 radical (unpaired) electrons. The Labute approximate surface area is 129 Å². The van der Waals surface area contributed by atoms with Gasteiger partial charge in [0.2, 0.25) is 13.6 Å². The summed E-state index contributed by atoms with van der Waals surface area (Å²) in [7, 11) is 0. The van der Waals surface area contributed by atoms with Crippen molar-refractivity contribution in [2.24, 2.45) is 0 Å². The molecule has 0 saturated heterocycles. The van der Waals surface area contributed by atoms with Crippen LogP contribution in [0, 0.1) is 0 Å². The second-order valence-corrected chi connectivity index (χ2v) is 4.22. The van der Waals surface area contributed by atoms with Crippen LogP contribution < -0.4 is 0 Å². The summed E-state index contributed by atoms with van der Waals surface area (Å²) in [5, 5.41) is 0. The molecule has 8 nitrogen and oxygen atoms in total. The van der Waals surface area contributed by atoms with Crippen LogP contribution in [-0.4, -0.2) is 37.5 Å². The molecule has 0 amide bonds. The maximum absolute atomic E-state index is 11.3. The van der Waals surface area contributed by atoms with E-state index in [2.05, 4.69) is 18.9 Å². The summed E-state index contributed by atoms with van der Waals surface area (Å²) in [6.07, 6.45) is 1.53. The van der Waals surface area contributed by atoms with E-state index in [1.165, 1.54) is 0 Å². The molecular weight excluding hydrogens is 296 g/mol. The van der Waals surface area contributed by atoms with Gasteiger partial charge in [-0.05, 0) is 12.8 Å². The van der Waals surface area contributed by atoms with Crippen LogP contribution in [0.2, 0.25) is 0 Å². The Morgan fingerprint density at radius 2 is 0.909 bits per heavy atom. The molecule has 22 heavy (non-hydrogen) atoms. The third-order valence-corrected chi connectivity index (χ3v) is 2.47. The summed E-state index contributed by atoms with van der Waals surface area (Å²) < 4.78 is 18.5. The molecule has 0 aliphatic rings. The highest BCUT2D eigenvalue weighted by Gasteiger charge is 2.08. The van der Waals surface area contributed by atoms with Crippen LogP contribution >= 0.6 is 0 Å². The van der Waals surface area contributed by atoms with E-state index in [1.54, 1.807) is 13.8 Å². The molecule has 0 heterocycles. The molecule has 0 aromatic heterocycles. The lowest BCUT2D eigenvalue weighted by molar-refractivity contribution is -0.169. The van der Waals surface area contributed by atoms with Crippen LogP contribution in [0.4, 0.5) is 0 Å². The third kappa shape index (κ3) is 11.7. The number of ether oxygens (including phenoxy) is 4. The minimum Gasteiger partial charge on any atom is -0.428 e. The van der Waals surface area contributed by atoms with Crippen molar-refractivity contribution in [2.45, 2.75) is 52.4 Å². The van der Waals surface area contributed by atoms with E-state index in [1.807, 2.05) is 0 Å². The zero-order valence-electron chi connectivity index (χ0n) is 12.9. The second-order valence-electron chi connectivity index (χ2n) is 4.22. The van der Waals surface area contributed by atoms with E-state index in [0.29, 0.717) is 12.8 Å². The Hall–Kier alpha value is -2.12. The molecule has 0 aromatic carbocycles. The molecule has 0 spiro atoms. The molecule has 0 unspecified atom stereocenters. The molecule has 0 aliphatic carbocycles. The lowest BCUT2D eigenvalue weighted by atomic mass is 10.2. The summed E-state index contributed by atoms with van der Waals surface area (Å²) >= 11 is 0. The standard InChI is InChI=1S/C14H22O8/c1-3-11(15)19-9-21-13(17)7-5-6-8-14(18)22-10-20-12(16)4-2/h3-10H2,1-2H3. The lowest BCUT2D eigenvalue weighted by Gasteiger charge is -2.06. The number of hydrogen-bond acceptors (Lipinski definition) is 8. The van der Waals surface area contributed by atoms with Gasteiger partial charge in [0.1, 0.15) is 0 Å². The number of unbranched alkanes of at least 4 members (excludes halogenated alkanes) is 1. The average molecular weight is 318 g/mol. The summed E-state index contributed by atoms with van der Waals surface area (Å²) in [4.78, 5) is 44.1. The van der Waals surface area contributed by atoms with Crippen LogP contribution in [0.1, 0.15) is 52.4 Å². The monoisotopic (exact) mass is 318 g/mol. The van der Waals surface area contributed by atoms with Gasteiger partial charge < -0.3 is 18.9 Å². The van der Waals surface area contributed by atoms with Crippen LogP contribution in [0.15, 0.2) is 0 Å². The summed E-state index contributed by atoms with van der Waals surface area (Å²) in [5.74, 6) is -1.90. The van der Waals surface area contributed by atoms with Crippen molar-refractivity contribution in [1.29, 1.82) is 0 Å². The zero-order chi connectivity index (χ0) is 16.8. The van der Waals surface area contributed by atoms with E-state index < -0.39 is 37.5 Å². The molecule has 126 valence electrons. The smallest absolute Gasteiger partial charge is 0.308 e.